The van der Waals surface area contributed by atoms with Crippen LogP contribution in [0.15, 0.2) is 53.6 Å². The van der Waals surface area contributed by atoms with Crippen LogP contribution in [-0.4, -0.2) is 10.7 Å². The van der Waals surface area contributed by atoms with E-state index in [1.807, 2.05) is 0 Å². The average Bonchev–Trinajstić information content (AvgIpc) is 2.92. The van der Waals surface area contributed by atoms with Gasteiger partial charge >= 0.3 is 0 Å². The van der Waals surface area contributed by atoms with E-state index in [1.165, 1.54) is 18.2 Å². The summed E-state index contributed by atoms with van der Waals surface area (Å²) in [4.78, 5) is 22.8. The molecule has 6 heteroatoms. The summed E-state index contributed by atoms with van der Waals surface area (Å²) in [5.74, 6) is -1.43. The van der Waals surface area contributed by atoms with E-state index in [1.54, 1.807) is 18.2 Å². The van der Waals surface area contributed by atoms with Crippen molar-refractivity contribution in [2.24, 2.45) is 0 Å². The van der Waals surface area contributed by atoms with E-state index in [9.17, 15) is 23.7 Å². The zero-order valence-electron chi connectivity index (χ0n) is 13.0. The minimum Gasteiger partial charge on any atom is -0.289 e. The number of carbonyl (C=O) groups is 1. The highest BCUT2D eigenvalue weighted by molar-refractivity contribution is 6.15. The molecule has 0 atom stereocenters. The van der Waals surface area contributed by atoms with Crippen LogP contribution in [0, 0.1) is 21.7 Å². The summed E-state index contributed by atoms with van der Waals surface area (Å²) in [6.45, 7) is 0. The summed E-state index contributed by atoms with van der Waals surface area (Å²) in [6, 6.07) is 9.04. The lowest BCUT2D eigenvalue weighted by Gasteiger charge is -2.00. The van der Waals surface area contributed by atoms with Crippen molar-refractivity contribution in [3.8, 4) is 0 Å². The fraction of sp³-hybridized carbons (Fsp3) is 0.105. The molecule has 126 valence electrons. The molecule has 1 saturated carbocycles. The molecule has 2 aromatic rings. The van der Waals surface area contributed by atoms with Crippen LogP contribution in [0.3, 0.4) is 0 Å². The largest absolute Gasteiger partial charge is 0.289 e. The van der Waals surface area contributed by atoms with Crippen molar-refractivity contribution >= 4 is 23.6 Å². The highest BCUT2D eigenvalue weighted by atomic mass is 19.1. The van der Waals surface area contributed by atoms with Gasteiger partial charge in [-0.25, -0.2) is 8.78 Å². The average molecular weight is 341 g/mol. The predicted molar refractivity (Wildman–Crippen MR) is 89.6 cm³/mol. The number of hydrogen-bond donors (Lipinski definition) is 0. The SMILES string of the molecule is O=C1/C(=C\c2cc(F)ccc2F)CC/C1=C\c1cccc([N+](=O)[O-])c1. The monoisotopic (exact) mass is 341 g/mol. The van der Waals surface area contributed by atoms with Crippen molar-refractivity contribution in [3.63, 3.8) is 0 Å². The molecule has 0 N–H and O–H groups in total. The summed E-state index contributed by atoms with van der Waals surface area (Å²) >= 11 is 0. The first kappa shape index (κ1) is 16.7. The Morgan fingerprint density at radius 1 is 1.00 bits per heavy atom. The van der Waals surface area contributed by atoms with E-state index in [2.05, 4.69) is 0 Å². The first-order valence-corrected chi connectivity index (χ1v) is 7.59. The molecule has 0 saturated heterocycles. The summed E-state index contributed by atoms with van der Waals surface area (Å²) in [5.41, 5.74) is 1.40. The van der Waals surface area contributed by atoms with Gasteiger partial charge in [-0.05, 0) is 48.8 Å². The van der Waals surface area contributed by atoms with Crippen LogP contribution in [0.2, 0.25) is 0 Å². The number of ketones is 1. The van der Waals surface area contributed by atoms with Crippen LogP contribution >= 0.6 is 0 Å². The lowest BCUT2D eigenvalue weighted by molar-refractivity contribution is -0.384. The Labute approximate surface area is 142 Å². The molecule has 3 rings (SSSR count). The zero-order chi connectivity index (χ0) is 18.0. The molecule has 0 aromatic heterocycles. The predicted octanol–water partition coefficient (Wildman–Crippen LogP) is 4.70. The van der Waals surface area contributed by atoms with Gasteiger partial charge in [-0.15, -0.1) is 0 Å². The molecule has 1 fully saturated rings. The Morgan fingerprint density at radius 3 is 2.44 bits per heavy atom. The van der Waals surface area contributed by atoms with E-state index in [-0.39, 0.29) is 17.0 Å². The van der Waals surface area contributed by atoms with E-state index >= 15 is 0 Å². The maximum Gasteiger partial charge on any atom is 0.270 e. The molecule has 4 nitrogen and oxygen atoms in total. The fourth-order valence-electron chi connectivity index (χ4n) is 2.72. The molecule has 1 aliphatic carbocycles. The van der Waals surface area contributed by atoms with E-state index < -0.39 is 16.6 Å². The third kappa shape index (κ3) is 3.68. The summed E-state index contributed by atoms with van der Waals surface area (Å²) < 4.78 is 27.0. The molecule has 0 bridgehead atoms. The number of hydrogen-bond acceptors (Lipinski definition) is 3. The summed E-state index contributed by atoms with van der Waals surface area (Å²) in [7, 11) is 0. The van der Waals surface area contributed by atoms with Gasteiger partial charge in [0.2, 0.25) is 0 Å². The molecule has 0 unspecified atom stereocenters. The molecule has 1 aliphatic rings. The minimum absolute atomic E-state index is 0.0277. The van der Waals surface area contributed by atoms with Gasteiger partial charge in [0.25, 0.3) is 5.69 Å². The Kier molecular flexibility index (Phi) is 4.52. The van der Waals surface area contributed by atoms with Crippen molar-refractivity contribution in [1.82, 2.24) is 0 Å². The van der Waals surface area contributed by atoms with Gasteiger partial charge in [-0.2, -0.15) is 0 Å². The Hall–Kier alpha value is -3.15. The second-order valence-electron chi connectivity index (χ2n) is 5.69. The first-order chi connectivity index (χ1) is 11.9. The number of rotatable bonds is 3. The van der Waals surface area contributed by atoms with Crippen molar-refractivity contribution in [2.75, 3.05) is 0 Å². The fourth-order valence-corrected chi connectivity index (χ4v) is 2.72. The van der Waals surface area contributed by atoms with Gasteiger partial charge < -0.3 is 0 Å². The maximum absolute atomic E-state index is 13.7. The molecule has 25 heavy (non-hydrogen) atoms. The van der Waals surface area contributed by atoms with Gasteiger partial charge in [-0.1, -0.05) is 12.1 Å². The van der Waals surface area contributed by atoms with Crippen LogP contribution < -0.4 is 0 Å². The number of nitrogens with zero attached hydrogens (tertiary/aromatic N) is 1. The van der Waals surface area contributed by atoms with Gasteiger partial charge in [0.1, 0.15) is 11.6 Å². The van der Waals surface area contributed by atoms with Crippen LogP contribution in [0.5, 0.6) is 0 Å². The standard InChI is InChI=1S/C19H13F2NO3/c20-16-6-7-18(21)15(11-16)10-14-5-4-13(19(14)23)8-12-2-1-3-17(9-12)22(24)25/h1-3,6-11H,4-5H2/b13-8+,14-10-. The van der Waals surface area contributed by atoms with Gasteiger partial charge in [0.15, 0.2) is 5.78 Å². The van der Waals surface area contributed by atoms with Crippen molar-refractivity contribution in [3.05, 3.63) is 86.5 Å². The molecule has 0 radical (unpaired) electrons. The number of carbonyl (C=O) groups excluding carboxylic acids is 1. The number of nitro groups is 1. The highest BCUT2D eigenvalue weighted by Gasteiger charge is 2.23. The third-order valence-electron chi connectivity index (χ3n) is 3.96. The van der Waals surface area contributed by atoms with Gasteiger partial charge in [-0.3, -0.25) is 14.9 Å². The number of Topliss-reactive ketones (excluding diaryl/α,β-unsaturated/α-hetero) is 1. The third-order valence-corrected chi connectivity index (χ3v) is 3.96. The molecule has 0 aliphatic heterocycles. The van der Waals surface area contributed by atoms with Gasteiger partial charge in [0, 0.05) is 28.8 Å². The number of halogens is 2. The van der Waals surface area contributed by atoms with Crippen LogP contribution in [0.25, 0.3) is 12.2 Å². The maximum atomic E-state index is 13.7. The molecule has 2 aromatic carbocycles. The van der Waals surface area contributed by atoms with E-state index in [4.69, 9.17) is 0 Å². The van der Waals surface area contributed by atoms with Crippen LogP contribution in [-0.2, 0) is 4.79 Å². The number of non-ortho nitro benzene ring substituents is 1. The smallest absolute Gasteiger partial charge is 0.270 e. The summed E-state index contributed by atoms with van der Waals surface area (Å²) in [6.07, 6.45) is 3.81. The van der Waals surface area contributed by atoms with Crippen molar-refractivity contribution in [1.29, 1.82) is 0 Å². The minimum atomic E-state index is -0.599. The normalized spacial score (nSPS) is 17.4. The van der Waals surface area contributed by atoms with Crippen molar-refractivity contribution < 1.29 is 18.5 Å². The number of allylic oxidation sites excluding steroid dienone is 2. The Bertz CT molecular complexity index is 932. The molecule has 0 amide bonds. The lowest BCUT2D eigenvalue weighted by atomic mass is 10.1. The second kappa shape index (κ2) is 6.76. The lowest BCUT2D eigenvalue weighted by Crippen LogP contribution is -1.96. The summed E-state index contributed by atoms with van der Waals surface area (Å²) in [5, 5.41) is 10.8. The topological polar surface area (TPSA) is 60.2 Å². The Morgan fingerprint density at radius 2 is 1.72 bits per heavy atom. The molecule has 0 heterocycles. The zero-order valence-corrected chi connectivity index (χ0v) is 13.0. The molecule has 0 spiro atoms. The van der Waals surface area contributed by atoms with Crippen molar-refractivity contribution in [2.45, 2.75) is 12.8 Å². The number of nitro benzene ring substituents is 1. The first-order valence-electron chi connectivity index (χ1n) is 7.59. The van der Waals surface area contributed by atoms with Crippen LogP contribution in [0.1, 0.15) is 24.0 Å². The second-order valence-corrected chi connectivity index (χ2v) is 5.69. The quantitative estimate of drug-likeness (QED) is 0.462. The van der Waals surface area contributed by atoms with E-state index in [0.29, 0.717) is 29.6 Å². The number of benzene rings is 2. The van der Waals surface area contributed by atoms with Crippen LogP contribution in [0.4, 0.5) is 14.5 Å². The molecular weight excluding hydrogens is 328 g/mol. The van der Waals surface area contributed by atoms with Gasteiger partial charge in [0.05, 0.1) is 4.92 Å². The Balaban J connectivity index is 1.89. The highest BCUT2D eigenvalue weighted by Crippen LogP contribution is 2.30. The van der Waals surface area contributed by atoms with E-state index in [0.717, 1.165) is 18.2 Å². The molecular formula is C19H13F2NO3.